The number of carbonyl (C=O) groups excluding carboxylic acids is 2. The van der Waals surface area contributed by atoms with E-state index in [-0.39, 0.29) is 23.9 Å². The average molecular weight is 635 g/mol. The van der Waals surface area contributed by atoms with Crippen molar-refractivity contribution in [3.05, 3.63) is 46.5 Å². The third-order valence-electron chi connectivity index (χ3n) is 10.3. The first-order valence-electron chi connectivity index (χ1n) is 17.1. The van der Waals surface area contributed by atoms with Crippen molar-refractivity contribution in [2.75, 3.05) is 54.6 Å². The molecule has 252 valence electrons. The molecule has 0 radical (unpaired) electrons. The molecule has 6 rings (SSSR count). The number of fused-ring (bicyclic) bond motifs is 6. The maximum atomic E-state index is 12.6. The van der Waals surface area contributed by atoms with Crippen molar-refractivity contribution in [1.82, 2.24) is 9.80 Å². The molecule has 46 heavy (non-hydrogen) atoms. The summed E-state index contributed by atoms with van der Waals surface area (Å²) in [6.07, 6.45) is 5.27. The molecule has 2 saturated heterocycles. The number of hydrogen-bond acceptors (Lipinski definition) is 8. The van der Waals surface area contributed by atoms with Crippen LogP contribution in [-0.4, -0.2) is 76.0 Å². The summed E-state index contributed by atoms with van der Waals surface area (Å²) in [5.41, 5.74) is 5.06. The maximum absolute atomic E-state index is 12.6. The van der Waals surface area contributed by atoms with E-state index < -0.39 is 0 Å². The Morgan fingerprint density at radius 1 is 0.609 bits per heavy atom. The first kappa shape index (κ1) is 34.2. The summed E-state index contributed by atoms with van der Waals surface area (Å²) in [6, 6.07) is 8.71. The highest BCUT2D eigenvalue weighted by atomic mass is 16.5. The van der Waals surface area contributed by atoms with E-state index in [9.17, 15) is 9.59 Å². The summed E-state index contributed by atoms with van der Waals surface area (Å²) >= 11 is 0. The van der Waals surface area contributed by atoms with Crippen LogP contribution < -0.4 is 18.9 Å². The first-order chi connectivity index (χ1) is 22.1. The van der Waals surface area contributed by atoms with Gasteiger partial charge in [0.1, 0.15) is 11.6 Å². The van der Waals surface area contributed by atoms with Gasteiger partial charge in [0.15, 0.2) is 23.0 Å². The number of benzene rings is 2. The standard InChI is InChI=1S/2C19H27NO3/c2*1-12(2)7-14-11-20-6-5-13-8-18(22-3)19(23-4)9-15(13)16(20)10-17(14)21/h2*8-9,12,14,16H,5-7,10-11H2,1-4H3. The van der Waals surface area contributed by atoms with Crippen LogP contribution in [0.3, 0.4) is 0 Å². The highest BCUT2D eigenvalue weighted by Gasteiger charge is 2.40. The maximum Gasteiger partial charge on any atom is 0.161 e. The van der Waals surface area contributed by atoms with Crippen LogP contribution in [0, 0.1) is 23.7 Å². The number of Topliss-reactive ketones (excluding diaryl/α,β-unsaturated/α-hetero) is 2. The average Bonchev–Trinajstić information content (AvgIpc) is 3.04. The lowest BCUT2D eigenvalue weighted by Crippen LogP contribution is -2.46. The van der Waals surface area contributed by atoms with Crippen molar-refractivity contribution in [3.63, 3.8) is 0 Å². The number of piperidine rings is 2. The quantitative estimate of drug-likeness (QED) is 0.327. The van der Waals surface area contributed by atoms with E-state index in [4.69, 9.17) is 18.9 Å². The molecular formula is C38H54N2O6. The molecule has 4 heterocycles. The molecule has 8 nitrogen and oxygen atoms in total. The van der Waals surface area contributed by atoms with Gasteiger partial charge in [0.25, 0.3) is 0 Å². The minimum Gasteiger partial charge on any atom is -0.493 e. The molecule has 0 aliphatic carbocycles. The molecule has 4 aliphatic rings. The fourth-order valence-corrected chi connectivity index (χ4v) is 8.11. The second-order valence-electron chi connectivity index (χ2n) is 14.3. The fourth-order valence-electron chi connectivity index (χ4n) is 8.11. The smallest absolute Gasteiger partial charge is 0.161 e. The summed E-state index contributed by atoms with van der Waals surface area (Å²) in [4.78, 5) is 30.2. The molecule has 0 amide bonds. The van der Waals surface area contributed by atoms with Crippen LogP contribution in [-0.2, 0) is 22.4 Å². The fraction of sp³-hybridized carbons (Fsp3) is 0.632. The van der Waals surface area contributed by atoms with Crippen LogP contribution in [0.25, 0.3) is 0 Å². The zero-order chi connectivity index (χ0) is 33.1. The monoisotopic (exact) mass is 634 g/mol. The van der Waals surface area contributed by atoms with Crippen LogP contribution >= 0.6 is 0 Å². The predicted octanol–water partition coefficient (Wildman–Crippen LogP) is 6.48. The Kier molecular flexibility index (Phi) is 11.0. The molecule has 2 aromatic rings. The van der Waals surface area contributed by atoms with Gasteiger partial charge in [0, 0.05) is 62.9 Å². The number of nitrogens with zero attached hydrogens (tertiary/aromatic N) is 2. The van der Waals surface area contributed by atoms with E-state index in [1.54, 1.807) is 28.4 Å². The predicted molar refractivity (Wildman–Crippen MR) is 180 cm³/mol. The van der Waals surface area contributed by atoms with Crippen LogP contribution in [0.15, 0.2) is 24.3 Å². The SMILES string of the molecule is COc1cc2c(cc1OC)C1CC(=O)C(CC(C)C)CN1CC2.COc1cc2c(cc1OC)C1CC(=O)C(CC(C)C)CN1CC2. The van der Waals surface area contributed by atoms with Gasteiger partial charge < -0.3 is 18.9 Å². The molecule has 4 aliphatic heterocycles. The number of methoxy groups -OCH3 is 4. The third-order valence-corrected chi connectivity index (χ3v) is 10.3. The molecule has 4 unspecified atom stereocenters. The van der Waals surface area contributed by atoms with Gasteiger partial charge in [0.05, 0.1) is 28.4 Å². The normalized spacial score (nSPS) is 24.3. The van der Waals surface area contributed by atoms with Crippen molar-refractivity contribution >= 4 is 11.6 Å². The Morgan fingerprint density at radius 2 is 0.957 bits per heavy atom. The van der Waals surface area contributed by atoms with E-state index in [1.165, 1.54) is 22.3 Å². The molecule has 0 aromatic heterocycles. The largest absolute Gasteiger partial charge is 0.493 e. The first-order valence-corrected chi connectivity index (χ1v) is 17.1. The number of carbonyl (C=O) groups is 2. The number of hydrogen-bond donors (Lipinski definition) is 0. The summed E-state index contributed by atoms with van der Waals surface area (Å²) in [6.45, 7) is 12.6. The minimum atomic E-state index is 0.202. The molecule has 2 aromatic carbocycles. The molecule has 2 fully saturated rings. The highest BCUT2D eigenvalue weighted by Crippen LogP contribution is 2.44. The van der Waals surface area contributed by atoms with E-state index in [0.717, 1.165) is 74.9 Å². The summed E-state index contributed by atoms with van der Waals surface area (Å²) in [5, 5.41) is 0. The Bertz CT molecular complexity index is 1300. The Labute approximate surface area is 275 Å². The molecular weight excluding hydrogens is 580 g/mol. The van der Waals surface area contributed by atoms with Gasteiger partial charge in [-0.2, -0.15) is 0 Å². The lowest BCUT2D eigenvalue weighted by atomic mass is 9.80. The zero-order valence-electron chi connectivity index (χ0n) is 29.2. The number of rotatable bonds is 8. The van der Waals surface area contributed by atoms with E-state index in [1.807, 2.05) is 0 Å². The molecule has 0 saturated carbocycles. The van der Waals surface area contributed by atoms with Crippen LogP contribution in [0.2, 0.25) is 0 Å². The van der Waals surface area contributed by atoms with Gasteiger partial charge in [0.2, 0.25) is 0 Å². The van der Waals surface area contributed by atoms with Crippen molar-refractivity contribution < 1.29 is 28.5 Å². The van der Waals surface area contributed by atoms with Gasteiger partial charge in [-0.05, 0) is 84.0 Å². The second-order valence-corrected chi connectivity index (χ2v) is 14.3. The van der Waals surface area contributed by atoms with Gasteiger partial charge in [-0.1, -0.05) is 27.7 Å². The number of ether oxygens (including phenoxy) is 4. The Balaban J connectivity index is 0.000000181. The summed E-state index contributed by atoms with van der Waals surface area (Å²) in [5.74, 6) is 5.45. The van der Waals surface area contributed by atoms with Crippen molar-refractivity contribution in [2.24, 2.45) is 23.7 Å². The van der Waals surface area contributed by atoms with Crippen LogP contribution in [0.4, 0.5) is 0 Å². The second kappa shape index (κ2) is 14.8. The molecule has 8 heteroatoms. The Morgan fingerprint density at radius 3 is 1.28 bits per heavy atom. The van der Waals surface area contributed by atoms with Crippen LogP contribution in [0.1, 0.15) is 87.7 Å². The minimum absolute atomic E-state index is 0.202. The zero-order valence-corrected chi connectivity index (χ0v) is 29.2. The van der Waals surface area contributed by atoms with Gasteiger partial charge >= 0.3 is 0 Å². The lowest BCUT2D eigenvalue weighted by Gasteiger charge is -2.43. The molecule has 0 bridgehead atoms. The van der Waals surface area contributed by atoms with E-state index in [0.29, 0.717) is 36.2 Å². The Hall–Kier alpha value is -3.10. The molecule has 0 N–H and O–H groups in total. The topological polar surface area (TPSA) is 77.5 Å². The van der Waals surface area contributed by atoms with Gasteiger partial charge in [-0.15, -0.1) is 0 Å². The van der Waals surface area contributed by atoms with Crippen molar-refractivity contribution in [1.29, 1.82) is 0 Å². The summed E-state index contributed by atoms with van der Waals surface area (Å²) < 4.78 is 21.7. The lowest BCUT2D eigenvalue weighted by molar-refractivity contribution is -0.130. The van der Waals surface area contributed by atoms with E-state index >= 15 is 0 Å². The van der Waals surface area contributed by atoms with Gasteiger partial charge in [-0.3, -0.25) is 19.4 Å². The van der Waals surface area contributed by atoms with Gasteiger partial charge in [-0.25, -0.2) is 0 Å². The summed E-state index contributed by atoms with van der Waals surface area (Å²) in [7, 11) is 6.66. The molecule has 4 atom stereocenters. The number of ketones is 2. The van der Waals surface area contributed by atoms with Crippen LogP contribution in [0.5, 0.6) is 23.0 Å². The van der Waals surface area contributed by atoms with Crippen molar-refractivity contribution in [3.8, 4) is 23.0 Å². The van der Waals surface area contributed by atoms with Crippen molar-refractivity contribution in [2.45, 2.75) is 78.3 Å². The third kappa shape index (κ3) is 7.23. The van der Waals surface area contributed by atoms with E-state index in [2.05, 4.69) is 61.8 Å². The molecule has 0 spiro atoms. The highest BCUT2D eigenvalue weighted by molar-refractivity contribution is 5.83.